The number of aliphatic hydroxyl groups is 1. The van der Waals surface area contributed by atoms with E-state index in [1.165, 1.54) is 0 Å². The lowest BCUT2D eigenvalue weighted by molar-refractivity contribution is 0.0813. The Hall–Kier alpha value is -0.120. The molecule has 0 bridgehead atoms. The molecule has 1 aliphatic rings. The molecule has 1 fully saturated rings. The first kappa shape index (κ1) is 8.97. The number of nitrogens with zero attached hydrogens (tertiary/aromatic N) is 1. The van der Waals surface area contributed by atoms with Gasteiger partial charge >= 0.3 is 0 Å². The lowest BCUT2D eigenvalue weighted by Gasteiger charge is -2.28. The molecule has 0 amide bonds. The van der Waals surface area contributed by atoms with Crippen molar-refractivity contribution in [3.8, 4) is 0 Å². The van der Waals surface area contributed by atoms with Gasteiger partial charge < -0.3 is 9.84 Å². The topological polar surface area (TPSA) is 32.7 Å². The van der Waals surface area contributed by atoms with Crippen molar-refractivity contribution < 1.29 is 9.84 Å². The van der Waals surface area contributed by atoms with E-state index in [0.29, 0.717) is 19.3 Å². The summed E-state index contributed by atoms with van der Waals surface area (Å²) >= 11 is 0. The molecule has 0 unspecified atom stereocenters. The molecule has 0 aromatic rings. The van der Waals surface area contributed by atoms with E-state index in [0.717, 1.165) is 0 Å². The summed E-state index contributed by atoms with van der Waals surface area (Å²) in [5, 5.41) is 9.44. The van der Waals surface area contributed by atoms with Gasteiger partial charge in [-0.05, 0) is 20.9 Å². The summed E-state index contributed by atoms with van der Waals surface area (Å²) < 4.78 is 5.15. The van der Waals surface area contributed by atoms with Crippen LogP contribution in [0, 0.1) is 0 Å². The van der Waals surface area contributed by atoms with Crippen LogP contribution in [0.4, 0.5) is 0 Å². The first-order valence-electron chi connectivity index (χ1n) is 4.10. The first-order valence-corrected chi connectivity index (χ1v) is 4.10. The fraction of sp³-hybridized carbons (Fsp3) is 1.00. The molecule has 0 aliphatic carbocycles. The zero-order valence-corrected chi connectivity index (χ0v) is 7.45. The number of ether oxygens (including phenoxy) is 1. The van der Waals surface area contributed by atoms with Crippen LogP contribution in [0.3, 0.4) is 0 Å². The van der Waals surface area contributed by atoms with E-state index in [2.05, 4.69) is 18.7 Å². The second-order valence-corrected chi connectivity index (χ2v) is 3.43. The van der Waals surface area contributed by atoms with Crippen LogP contribution in [-0.2, 0) is 4.74 Å². The Bertz CT molecular complexity index is 127. The quantitative estimate of drug-likeness (QED) is 0.619. The highest BCUT2D eigenvalue weighted by molar-refractivity contribution is 4.83. The lowest BCUT2D eigenvalue weighted by atomic mass is 10.1. The predicted molar refractivity (Wildman–Crippen MR) is 43.5 cm³/mol. The van der Waals surface area contributed by atoms with Gasteiger partial charge in [-0.25, -0.2) is 0 Å². The van der Waals surface area contributed by atoms with Crippen molar-refractivity contribution in [2.75, 3.05) is 20.3 Å². The number of likely N-dealkylation sites (N-methyl/N-ethyl adjacent to an activating group) is 1. The third-order valence-corrected chi connectivity index (χ3v) is 2.36. The third kappa shape index (κ3) is 1.92. The van der Waals surface area contributed by atoms with E-state index in [9.17, 15) is 5.11 Å². The molecule has 1 aliphatic heterocycles. The Morgan fingerprint density at radius 2 is 2.09 bits per heavy atom. The van der Waals surface area contributed by atoms with E-state index in [1.54, 1.807) is 0 Å². The van der Waals surface area contributed by atoms with Crippen LogP contribution in [0.15, 0.2) is 0 Å². The van der Waals surface area contributed by atoms with Gasteiger partial charge in [-0.1, -0.05) is 0 Å². The molecular weight excluding hydrogens is 142 g/mol. The van der Waals surface area contributed by atoms with E-state index in [1.807, 2.05) is 7.05 Å². The summed E-state index contributed by atoms with van der Waals surface area (Å²) in [5.74, 6) is 0. The van der Waals surface area contributed by atoms with Crippen molar-refractivity contribution in [3.63, 3.8) is 0 Å². The van der Waals surface area contributed by atoms with Crippen molar-refractivity contribution in [3.05, 3.63) is 0 Å². The molecule has 0 spiro atoms. The Morgan fingerprint density at radius 1 is 1.45 bits per heavy atom. The number of aliphatic hydroxyl groups excluding tert-OH is 1. The van der Waals surface area contributed by atoms with Crippen LogP contribution in [0.2, 0.25) is 0 Å². The van der Waals surface area contributed by atoms with Crippen molar-refractivity contribution >= 4 is 0 Å². The average Bonchev–Trinajstić information content (AvgIpc) is 2.33. The van der Waals surface area contributed by atoms with Gasteiger partial charge in [-0.2, -0.15) is 0 Å². The summed E-state index contributed by atoms with van der Waals surface area (Å²) in [6.45, 7) is 5.38. The van der Waals surface area contributed by atoms with Gasteiger partial charge in [-0.15, -0.1) is 0 Å². The Balaban J connectivity index is 2.45. The van der Waals surface area contributed by atoms with Crippen LogP contribution < -0.4 is 0 Å². The molecule has 0 aromatic carbocycles. The minimum atomic E-state index is -0.303. The molecule has 2 atom stereocenters. The highest BCUT2D eigenvalue weighted by Gasteiger charge is 2.30. The maximum Gasteiger partial charge on any atom is 0.0950 e. The molecule has 1 rings (SSSR count). The summed E-state index contributed by atoms with van der Waals surface area (Å²) in [5.41, 5.74) is 0. The van der Waals surface area contributed by atoms with Gasteiger partial charge in [0.15, 0.2) is 0 Å². The molecule has 11 heavy (non-hydrogen) atoms. The van der Waals surface area contributed by atoms with E-state index in [4.69, 9.17) is 4.74 Å². The SMILES string of the molecule is CC(C)N(C)[C@@H]1COC[C@H]1O. The standard InChI is InChI=1S/C8H17NO2/c1-6(2)9(3)7-4-11-5-8(7)10/h6-8,10H,4-5H2,1-3H3/t7-,8-/m1/s1. The predicted octanol–water partition coefficient (Wildman–Crippen LogP) is 0.0863. The van der Waals surface area contributed by atoms with Gasteiger partial charge in [0.1, 0.15) is 0 Å². The van der Waals surface area contributed by atoms with Crippen LogP contribution in [0.1, 0.15) is 13.8 Å². The smallest absolute Gasteiger partial charge is 0.0950 e. The minimum Gasteiger partial charge on any atom is -0.389 e. The summed E-state index contributed by atoms with van der Waals surface area (Å²) in [6.07, 6.45) is -0.303. The molecular formula is C8H17NO2. The Morgan fingerprint density at radius 3 is 2.45 bits per heavy atom. The highest BCUT2D eigenvalue weighted by atomic mass is 16.5. The summed E-state index contributed by atoms with van der Waals surface area (Å²) in [6, 6.07) is 0.659. The molecule has 0 radical (unpaired) electrons. The molecule has 3 heteroatoms. The third-order valence-electron chi connectivity index (χ3n) is 2.36. The fourth-order valence-electron chi connectivity index (χ4n) is 1.30. The number of rotatable bonds is 2. The van der Waals surface area contributed by atoms with Gasteiger partial charge in [0.2, 0.25) is 0 Å². The van der Waals surface area contributed by atoms with Gasteiger partial charge in [0.05, 0.1) is 25.4 Å². The first-order chi connectivity index (χ1) is 5.13. The van der Waals surface area contributed by atoms with E-state index >= 15 is 0 Å². The summed E-state index contributed by atoms with van der Waals surface area (Å²) in [4.78, 5) is 2.15. The van der Waals surface area contributed by atoms with Crippen LogP contribution >= 0.6 is 0 Å². The number of hydrogen-bond donors (Lipinski definition) is 1. The molecule has 0 aromatic heterocycles. The van der Waals surface area contributed by atoms with Crippen molar-refractivity contribution in [2.24, 2.45) is 0 Å². The minimum absolute atomic E-state index is 0.190. The zero-order chi connectivity index (χ0) is 8.43. The second kappa shape index (κ2) is 3.52. The molecule has 3 nitrogen and oxygen atoms in total. The van der Waals surface area contributed by atoms with Gasteiger partial charge in [0, 0.05) is 6.04 Å². The maximum absolute atomic E-state index is 9.44. The average molecular weight is 159 g/mol. The van der Waals surface area contributed by atoms with E-state index in [-0.39, 0.29) is 12.1 Å². The van der Waals surface area contributed by atoms with Gasteiger partial charge in [0.25, 0.3) is 0 Å². The fourth-order valence-corrected chi connectivity index (χ4v) is 1.30. The Kier molecular flexibility index (Phi) is 2.87. The summed E-state index contributed by atoms with van der Waals surface area (Å²) in [7, 11) is 2.02. The van der Waals surface area contributed by atoms with Crippen LogP contribution in [0.5, 0.6) is 0 Å². The second-order valence-electron chi connectivity index (χ2n) is 3.43. The van der Waals surface area contributed by atoms with Crippen molar-refractivity contribution in [1.29, 1.82) is 0 Å². The van der Waals surface area contributed by atoms with Crippen molar-refractivity contribution in [1.82, 2.24) is 4.90 Å². The molecule has 0 saturated carbocycles. The van der Waals surface area contributed by atoms with Crippen LogP contribution in [0.25, 0.3) is 0 Å². The largest absolute Gasteiger partial charge is 0.389 e. The Labute approximate surface area is 68.0 Å². The molecule has 1 saturated heterocycles. The van der Waals surface area contributed by atoms with E-state index < -0.39 is 0 Å². The highest BCUT2D eigenvalue weighted by Crippen LogP contribution is 2.13. The number of hydrogen-bond acceptors (Lipinski definition) is 3. The zero-order valence-electron chi connectivity index (χ0n) is 7.45. The van der Waals surface area contributed by atoms with Gasteiger partial charge in [-0.3, -0.25) is 4.90 Å². The monoisotopic (exact) mass is 159 g/mol. The lowest BCUT2D eigenvalue weighted by Crippen LogP contribution is -2.44. The normalized spacial score (nSPS) is 32.2. The van der Waals surface area contributed by atoms with Crippen LogP contribution in [-0.4, -0.2) is 48.5 Å². The maximum atomic E-state index is 9.44. The molecule has 1 N–H and O–H groups in total. The molecule has 1 heterocycles. The van der Waals surface area contributed by atoms with Crippen molar-refractivity contribution in [2.45, 2.75) is 32.0 Å². The molecule has 66 valence electrons.